The molecular weight excluding hydrogens is 378 g/mol. The van der Waals surface area contributed by atoms with E-state index in [9.17, 15) is 19.2 Å². The van der Waals surface area contributed by atoms with E-state index in [0.717, 1.165) is 0 Å². The number of imide groups is 1. The van der Waals surface area contributed by atoms with Gasteiger partial charge in [-0.25, -0.2) is 9.59 Å². The van der Waals surface area contributed by atoms with Crippen molar-refractivity contribution in [2.24, 2.45) is 5.73 Å². The topological polar surface area (TPSA) is 137 Å². The molecule has 0 saturated carbocycles. The Morgan fingerprint density at radius 2 is 1.66 bits per heavy atom. The van der Waals surface area contributed by atoms with Crippen molar-refractivity contribution in [1.82, 2.24) is 10.6 Å². The van der Waals surface area contributed by atoms with Gasteiger partial charge in [-0.05, 0) is 31.2 Å². The van der Waals surface area contributed by atoms with Crippen LogP contribution in [-0.2, 0) is 14.3 Å². The highest BCUT2D eigenvalue weighted by atomic mass is 16.5. The van der Waals surface area contributed by atoms with E-state index >= 15 is 0 Å². The fourth-order valence-corrected chi connectivity index (χ4v) is 2.30. The van der Waals surface area contributed by atoms with Gasteiger partial charge in [-0.15, -0.1) is 0 Å². The molecule has 0 aliphatic carbocycles. The lowest BCUT2D eigenvalue weighted by atomic mass is 10.1. The molecule has 1 atom stereocenters. The van der Waals surface area contributed by atoms with Gasteiger partial charge in [0.15, 0.2) is 6.61 Å². The summed E-state index contributed by atoms with van der Waals surface area (Å²) in [7, 11) is 0. The molecule has 29 heavy (non-hydrogen) atoms. The van der Waals surface area contributed by atoms with Crippen LogP contribution in [-0.4, -0.2) is 37.0 Å². The summed E-state index contributed by atoms with van der Waals surface area (Å²) in [6, 6.07) is 13.4. The standard InChI is InChI=1S/C20H21N3O6/c1-2-22-20(27)23-18(25)17(13-6-4-3-5-7-13)29-19(26)14-8-10-15(11-9-14)28-12-16(21)24/h3-11,17H,2,12H2,1H3,(H2,21,24)(H2,22,23,25,27)/t17-/m1/s1. The third-order valence-corrected chi connectivity index (χ3v) is 3.61. The van der Waals surface area contributed by atoms with Gasteiger partial charge in [0.25, 0.3) is 11.8 Å². The highest BCUT2D eigenvalue weighted by molar-refractivity contribution is 5.99. The molecule has 0 aliphatic rings. The zero-order valence-corrected chi connectivity index (χ0v) is 15.7. The lowest BCUT2D eigenvalue weighted by Crippen LogP contribution is -2.42. The average Bonchev–Trinajstić information content (AvgIpc) is 2.71. The van der Waals surface area contributed by atoms with Gasteiger partial charge in [0.05, 0.1) is 5.56 Å². The largest absolute Gasteiger partial charge is 0.484 e. The fourth-order valence-electron chi connectivity index (χ4n) is 2.30. The number of primary amides is 1. The van der Waals surface area contributed by atoms with Crippen LogP contribution < -0.4 is 21.1 Å². The molecule has 0 radical (unpaired) electrons. The van der Waals surface area contributed by atoms with E-state index in [1.807, 2.05) is 0 Å². The van der Waals surface area contributed by atoms with Gasteiger partial charge in [0.2, 0.25) is 6.10 Å². The van der Waals surface area contributed by atoms with Crippen LogP contribution in [0.1, 0.15) is 28.9 Å². The normalized spacial score (nSPS) is 11.1. The first kappa shape index (κ1) is 21.4. The van der Waals surface area contributed by atoms with E-state index in [1.54, 1.807) is 37.3 Å². The second-order valence-corrected chi connectivity index (χ2v) is 5.82. The zero-order chi connectivity index (χ0) is 21.2. The number of nitrogens with two attached hydrogens (primary N) is 1. The van der Waals surface area contributed by atoms with Crippen molar-refractivity contribution in [3.05, 3.63) is 65.7 Å². The summed E-state index contributed by atoms with van der Waals surface area (Å²) in [6.07, 6.45) is -1.32. The number of carbonyl (C=O) groups excluding carboxylic acids is 4. The summed E-state index contributed by atoms with van der Waals surface area (Å²) in [5.41, 5.74) is 5.57. The van der Waals surface area contributed by atoms with Crippen LogP contribution in [0.5, 0.6) is 5.75 Å². The van der Waals surface area contributed by atoms with Crippen LogP contribution in [0.2, 0.25) is 0 Å². The number of ether oxygens (including phenoxy) is 2. The van der Waals surface area contributed by atoms with Crippen molar-refractivity contribution in [3.63, 3.8) is 0 Å². The third kappa shape index (κ3) is 6.65. The highest BCUT2D eigenvalue weighted by Gasteiger charge is 2.27. The molecule has 0 spiro atoms. The first-order valence-corrected chi connectivity index (χ1v) is 8.76. The van der Waals surface area contributed by atoms with Gasteiger partial charge in [0, 0.05) is 12.1 Å². The van der Waals surface area contributed by atoms with Crippen LogP contribution in [0.25, 0.3) is 0 Å². The number of urea groups is 1. The maximum absolute atomic E-state index is 12.5. The predicted octanol–water partition coefficient (Wildman–Crippen LogP) is 1.29. The van der Waals surface area contributed by atoms with Crippen molar-refractivity contribution in [2.45, 2.75) is 13.0 Å². The van der Waals surface area contributed by atoms with Crippen molar-refractivity contribution >= 4 is 23.8 Å². The molecular formula is C20H21N3O6. The molecule has 0 heterocycles. The summed E-state index contributed by atoms with van der Waals surface area (Å²) in [4.78, 5) is 47.4. The van der Waals surface area contributed by atoms with E-state index in [4.69, 9.17) is 15.2 Å². The van der Waals surface area contributed by atoms with E-state index < -0.39 is 29.9 Å². The first-order valence-electron chi connectivity index (χ1n) is 8.76. The van der Waals surface area contributed by atoms with Gasteiger partial charge in [0.1, 0.15) is 5.75 Å². The van der Waals surface area contributed by atoms with Crippen molar-refractivity contribution in [3.8, 4) is 5.75 Å². The molecule has 2 aromatic rings. The SMILES string of the molecule is CCNC(=O)NC(=O)[C@H](OC(=O)c1ccc(OCC(N)=O)cc1)c1ccccc1. The van der Waals surface area contributed by atoms with Crippen LogP contribution in [0.15, 0.2) is 54.6 Å². The van der Waals surface area contributed by atoms with E-state index in [1.165, 1.54) is 24.3 Å². The van der Waals surface area contributed by atoms with Crippen molar-refractivity contribution < 1.29 is 28.7 Å². The summed E-state index contributed by atoms with van der Waals surface area (Å²) in [5.74, 6) is -1.84. The van der Waals surface area contributed by atoms with Crippen LogP contribution in [0.4, 0.5) is 4.79 Å². The van der Waals surface area contributed by atoms with Gasteiger partial charge in [-0.1, -0.05) is 30.3 Å². The van der Waals surface area contributed by atoms with E-state index in [-0.39, 0.29) is 12.2 Å². The third-order valence-electron chi connectivity index (χ3n) is 3.61. The Balaban J connectivity index is 2.13. The van der Waals surface area contributed by atoms with Gasteiger partial charge in [-0.2, -0.15) is 0 Å². The lowest BCUT2D eigenvalue weighted by molar-refractivity contribution is -0.129. The van der Waals surface area contributed by atoms with Crippen LogP contribution in [0, 0.1) is 0 Å². The Morgan fingerprint density at radius 3 is 2.24 bits per heavy atom. The molecule has 0 fully saturated rings. The quantitative estimate of drug-likeness (QED) is 0.572. The Labute approximate surface area is 167 Å². The molecule has 0 aliphatic heterocycles. The summed E-state index contributed by atoms with van der Waals surface area (Å²) in [5, 5.41) is 4.58. The smallest absolute Gasteiger partial charge is 0.339 e. The Bertz CT molecular complexity index is 868. The maximum atomic E-state index is 12.5. The summed E-state index contributed by atoms with van der Waals surface area (Å²) < 4.78 is 10.5. The van der Waals surface area contributed by atoms with Crippen molar-refractivity contribution in [1.29, 1.82) is 0 Å². The minimum atomic E-state index is -1.32. The number of esters is 1. The molecule has 2 aromatic carbocycles. The van der Waals surface area contributed by atoms with Crippen LogP contribution >= 0.6 is 0 Å². The molecule has 152 valence electrons. The Kier molecular flexibility index (Phi) is 7.72. The first-order chi connectivity index (χ1) is 13.9. The zero-order valence-electron chi connectivity index (χ0n) is 15.7. The predicted molar refractivity (Wildman–Crippen MR) is 103 cm³/mol. The number of hydrogen-bond acceptors (Lipinski definition) is 6. The second kappa shape index (κ2) is 10.5. The highest BCUT2D eigenvalue weighted by Crippen LogP contribution is 2.21. The van der Waals surface area contributed by atoms with Gasteiger partial charge < -0.3 is 20.5 Å². The molecule has 9 nitrogen and oxygen atoms in total. The number of rotatable bonds is 8. The molecule has 4 amide bonds. The molecule has 9 heteroatoms. The second-order valence-electron chi connectivity index (χ2n) is 5.82. The minimum Gasteiger partial charge on any atom is -0.484 e. The molecule has 0 aromatic heterocycles. The number of hydrogen-bond donors (Lipinski definition) is 3. The van der Waals surface area contributed by atoms with E-state index in [0.29, 0.717) is 17.9 Å². The molecule has 0 bridgehead atoms. The number of carbonyl (C=O) groups is 4. The number of amides is 4. The van der Waals surface area contributed by atoms with Gasteiger partial charge in [-0.3, -0.25) is 14.9 Å². The molecule has 4 N–H and O–H groups in total. The average molecular weight is 399 g/mol. The minimum absolute atomic E-state index is 0.156. The van der Waals surface area contributed by atoms with Crippen molar-refractivity contribution in [2.75, 3.05) is 13.2 Å². The number of benzene rings is 2. The molecule has 0 unspecified atom stereocenters. The van der Waals surface area contributed by atoms with E-state index in [2.05, 4.69) is 10.6 Å². The van der Waals surface area contributed by atoms with Crippen LogP contribution in [0.3, 0.4) is 0 Å². The summed E-state index contributed by atoms with van der Waals surface area (Å²) in [6.45, 7) is 1.74. The number of nitrogens with one attached hydrogen (secondary N) is 2. The lowest BCUT2D eigenvalue weighted by Gasteiger charge is -2.18. The maximum Gasteiger partial charge on any atom is 0.339 e. The Hall–Kier alpha value is -3.88. The summed E-state index contributed by atoms with van der Waals surface area (Å²) >= 11 is 0. The molecule has 0 saturated heterocycles. The monoisotopic (exact) mass is 399 g/mol. The Morgan fingerprint density at radius 1 is 1.00 bits per heavy atom. The fraction of sp³-hybridized carbons (Fsp3) is 0.200. The van der Waals surface area contributed by atoms with Gasteiger partial charge >= 0.3 is 12.0 Å². The molecule has 2 rings (SSSR count).